The normalized spacial score (nSPS) is 33.3. The lowest BCUT2D eigenvalue weighted by atomic mass is 9.60. The van der Waals surface area contributed by atoms with Gasteiger partial charge in [-0.05, 0) is 66.4 Å². The fourth-order valence-electron chi connectivity index (χ4n) is 5.16. The van der Waals surface area contributed by atoms with Gasteiger partial charge in [-0.15, -0.1) is 0 Å². The molecule has 0 heterocycles. The quantitative estimate of drug-likeness (QED) is 0.767. The first-order valence-electron chi connectivity index (χ1n) is 8.48. The van der Waals surface area contributed by atoms with Gasteiger partial charge in [0.05, 0.1) is 7.11 Å². The summed E-state index contributed by atoms with van der Waals surface area (Å²) < 4.78 is 5.39. The van der Waals surface area contributed by atoms with Crippen LogP contribution >= 0.6 is 0 Å². The number of ether oxygens (including phenoxy) is 1. The molecule has 0 spiro atoms. The highest BCUT2D eigenvalue weighted by atomic mass is 16.5. The van der Waals surface area contributed by atoms with E-state index in [9.17, 15) is 4.79 Å². The highest BCUT2D eigenvalue weighted by Crippen LogP contribution is 2.57. The van der Waals surface area contributed by atoms with Crippen molar-refractivity contribution < 1.29 is 9.53 Å². The smallest absolute Gasteiger partial charge is 0.139 e. The molecule has 3 atom stereocenters. The number of ketones is 1. The molecule has 0 bridgehead atoms. The molecule has 0 radical (unpaired) electrons. The Bertz CT molecular complexity index is 685. The molecular formula is C20H24O2. The van der Waals surface area contributed by atoms with Crippen LogP contribution in [0.5, 0.6) is 5.75 Å². The van der Waals surface area contributed by atoms with Crippen molar-refractivity contribution in [3.63, 3.8) is 0 Å². The lowest BCUT2D eigenvalue weighted by molar-refractivity contribution is -0.126. The van der Waals surface area contributed by atoms with Crippen molar-refractivity contribution in [1.82, 2.24) is 0 Å². The molecule has 3 aliphatic rings. The Balaban J connectivity index is 1.86. The standard InChI is InChI=1S/C20H24O2/c1-12-10-13-11-14(22-3)4-5-15(13)16-8-9-20(2)17(19(12)16)6-7-18(20)21/h4-5,11-12,17H,6-10H2,1-3H3/t12-,17-,20+/m1/s1. The Morgan fingerprint density at radius 1 is 1.27 bits per heavy atom. The summed E-state index contributed by atoms with van der Waals surface area (Å²) in [5.74, 6) is 2.47. The van der Waals surface area contributed by atoms with E-state index in [0.717, 1.165) is 37.9 Å². The predicted octanol–water partition coefficient (Wildman–Crippen LogP) is 4.42. The van der Waals surface area contributed by atoms with E-state index < -0.39 is 0 Å². The molecule has 1 fully saturated rings. The Hall–Kier alpha value is -1.57. The van der Waals surface area contributed by atoms with Crippen molar-refractivity contribution in [1.29, 1.82) is 0 Å². The fraction of sp³-hybridized carbons (Fsp3) is 0.550. The molecule has 2 heteroatoms. The topological polar surface area (TPSA) is 26.3 Å². The largest absolute Gasteiger partial charge is 0.497 e. The molecule has 1 aromatic carbocycles. The molecule has 2 nitrogen and oxygen atoms in total. The number of hydrogen-bond acceptors (Lipinski definition) is 2. The van der Waals surface area contributed by atoms with Gasteiger partial charge >= 0.3 is 0 Å². The van der Waals surface area contributed by atoms with Crippen molar-refractivity contribution in [2.75, 3.05) is 7.11 Å². The zero-order chi connectivity index (χ0) is 15.5. The molecule has 0 aromatic heterocycles. The van der Waals surface area contributed by atoms with E-state index >= 15 is 0 Å². The number of allylic oxidation sites excluding steroid dienone is 2. The van der Waals surface area contributed by atoms with E-state index in [2.05, 4.69) is 32.0 Å². The van der Waals surface area contributed by atoms with Crippen LogP contribution in [0.4, 0.5) is 0 Å². The second kappa shape index (κ2) is 4.71. The highest BCUT2D eigenvalue weighted by molar-refractivity contribution is 5.90. The van der Waals surface area contributed by atoms with Gasteiger partial charge in [0.1, 0.15) is 11.5 Å². The second-order valence-electron chi connectivity index (χ2n) is 7.49. The van der Waals surface area contributed by atoms with Crippen molar-refractivity contribution in [3.8, 4) is 5.75 Å². The first-order chi connectivity index (χ1) is 10.5. The molecule has 22 heavy (non-hydrogen) atoms. The number of fused-ring (bicyclic) bond motifs is 4. The van der Waals surface area contributed by atoms with E-state index in [0.29, 0.717) is 17.6 Å². The Morgan fingerprint density at radius 3 is 2.86 bits per heavy atom. The summed E-state index contributed by atoms with van der Waals surface area (Å²) in [5, 5.41) is 0. The molecule has 0 N–H and O–H groups in total. The fourth-order valence-corrected chi connectivity index (χ4v) is 5.16. The van der Waals surface area contributed by atoms with Gasteiger partial charge in [-0.2, -0.15) is 0 Å². The second-order valence-corrected chi connectivity index (χ2v) is 7.49. The monoisotopic (exact) mass is 296 g/mol. The van der Waals surface area contributed by atoms with Gasteiger partial charge in [0.25, 0.3) is 0 Å². The van der Waals surface area contributed by atoms with E-state index in [1.54, 1.807) is 12.7 Å². The van der Waals surface area contributed by atoms with Gasteiger partial charge in [0.15, 0.2) is 0 Å². The van der Waals surface area contributed by atoms with Gasteiger partial charge in [-0.25, -0.2) is 0 Å². The summed E-state index contributed by atoms with van der Waals surface area (Å²) in [5.41, 5.74) is 5.87. The average molecular weight is 296 g/mol. The van der Waals surface area contributed by atoms with Crippen LogP contribution in [0.1, 0.15) is 50.7 Å². The number of carbonyl (C=O) groups is 1. The van der Waals surface area contributed by atoms with Gasteiger partial charge in [-0.3, -0.25) is 4.79 Å². The minimum Gasteiger partial charge on any atom is -0.497 e. The number of methoxy groups -OCH3 is 1. The minimum absolute atomic E-state index is 0.0862. The van der Waals surface area contributed by atoms with E-state index in [4.69, 9.17) is 4.74 Å². The average Bonchev–Trinajstić information content (AvgIpc) is 2.82. The molecule has 0 saturated heterocycles. The van der Waals surface area contributed by atoms with E-state index in [1.165, 1.54) is 16.7 Å². The van der Waals surface area contributed by atoms with E-state index in [1.807, 2.05) is 0 Å². The molecule has 0 unspecified atom stereocenters. The Kier molecular flexibility index (Phi) is 3.01. The van der Waals surface area contributed by atoms with Crippen LogP contribution in [-0.2, 0) is 11.2 Å². The summed E-state index contributed by atoms with van der Waals surface area (Å²) >= 11 is 0. The number of benzene rings is 1. The predicted molar refractivity (Wildman–Crippen MR) is 87.9 cm³/mol. The third kappa shape index (κ3) is 1.76. The SMILES string of the molecule is COc1ccc2c(c1)C[C@@H](C)C1=C2CC[C@]2(C)C(=O)CC[C@H]12. The maximum Gasteiger partial charge on any atom is 0.139 e. The van der Waals surface area contributed by atoms with Crippen LogP contribution in [0, 0.1) is 17.3 Å². The third-order valence-corrected chi connectivity index (χ3v) is 6.38. The molecule has 4 rings (SSSR count). The van der Waals surface area contributed by atoms with Crippen LogP contribution < -0.4 is 4.74 Å². The Labute approximate surface area is 132 Å². The molecule has 1 aromatic rings. The molecule has 0 aliphatic heterocycles. The van der Waals surface area contributed by atoms with Crippen LogP contribution in [0.3, 0.4) is 0 Å². The number of hydrogen-bond donors (Lipinski definition) is 0. The summed E-state index contributed by atoms with van der Waals surface area (Å²) in [6, 6.07) is 6.51. The number of rotatable bonds is 1. The van der Waals surface area contributed by atoms with Gasteiger partial charge in [-0.1, -0.05) is 25.5 Å². The van der Waals surface area contributed by atoms with Crippen LogP contribution in [0.2, 0.25) is 0 Å². The van der Waals surface area contributed by atoms with E-state index in [-0.39, 0.29) is 5.41 Å². The summed E-state index contributed by atoms with van der Waals surface area (Å²) in [6.07, 6.45) is 4.99. The van der Waals surface area contributed by atoms with Crippen molar-refractivity contribution in [3.05, 3.63) is 34.9 Å². The molecule has 3 aliphatic carbocycles. The van der Waals surface area contributed by atoms with Gasteiger partial charge in [0.2, 0.25) is 0 Å². The first-order valence-corrected chi connectivity index (χ1v) is 8.48. The third-order valence-electron chi connectivity index (χ3n) is 6.38. The van der Waals surface area contributed by atoms with Gasteiger partial charge in [0, 0.05) is 11.8 Å². The molecule has 0 amide bonds. The highest BCUT2D eigenvalue weighted by Gasteiger charge is 2.51. The van der Waals surface area contributed by atoms with Crippen LogP contribution in [0.15, 0.2) is 23.8 Å². The van der Waals surface area contributed by atoms with Crippen LogP contribution in [-0.4, -0.2) is 12.9 Å². The number of carbonyl (C=O) groups excluding carboxylic acids is 1. The maximum atomic E-state index is 12.4. The summed E-state index contributed by atoms with van der Waals surface area (Å²) in [6.45, 7) is 4.55. The molecular weight excluding hydrogens is 272 g/mol. The zero-order valence-corrected chi connectivity index (χ0v) is 13.7. The minimum atomic E-state index is -0.0862. The Morgan fingerprint density at radius 2 is 2.09 bits per heavy atom. The lowest BCUT2D eigenvalue weighted by Gasteiger charge is -2.43. The maximum absolute atomic E-state index is 12.4. The molecule has 1 saturated carbocycles. The van der Waals surface area contributed by atoms with Crippen LogP contribution in [0.25, 0.3) is 5.57 Å². The van der Waals surface area contributed by atoms with Crippen molar-refractivity contribution >= 4 is 11.4 Å². The van der Waals surface area contributed by atoms with Crippen molar-refractivity contribution in [2.45, 2.75) is 46.0 Å². The molecule has 116 valence electrons. The lowest BCUT2D eigenvalue weighted by Crippen LogP contribution is -2.36. The van der Waals surface area contributed by atoms with Crippen molar-refractivity contribution in [2.24, 2.45) is 17.3 Å². The summed E-state index contributed by atoms with van der Waals surface area (Å²) in [4.78, 5) is 12.4. The first kappa shape index (κ1) is 14.0. The zero-order valence-electron chi connectivity index (χ0n) is 13.7. The van der Waals surface area contributed by atoms with Gasteiger partial charge < -0.3 is 4.74 Å². The summed E-state index contributed by atoms with van der Waals surface area (Å²) in [7, 11) is 1.73. The number of Topliss-reactive ketones (excluding diaryl/α,β-unsaturated/α-hetero) is 1.